The smallest absolute Gasteiger partial charge is 0.264 e. The molecular weight excluding hydrogens is 346 g/mol. The molecule has 6 heteroatoms. The van der Waals surface area contributed by atoms with Crippen LogP contribution in [-0.2, 0) is 24.1 Å². The highest BCUT2D eigenvalue weighted by Gasteiger charge is 2.13. The van der Waals surface area contributed by atoms with E-state index in [1.54, 1.807) is 0 Å². The van der Waals surface area contributed by atoms with E-state index < -0.39 is 0 Å². The molecule has 1 aromatic heterocycles. The van der Waals surface area contributed by atoms with Gasteiger partial charge in [-0.25, -0.2) is 0 Å². The van der Waals surface area contributed by atoms with Crippen LogP contribution in [0.1, 0.15) is 28.1 Å². The first-order valence-corrected chi connectivity index (χ1v) is 9.49. The van der Waals surface area contributed by atoms with Crippen LogP contribution in [0.15, 0.2) is 48.5 Å². The minimum Gasteiger partial charge on any atom is -0.484 e. The van der Waals surface area contributed by atoms with Gasteiger partial charge in [0, 0.05) is 6.42 Å². The minimum absolute atomic E-state index is 0.0353. The molecule has 1 aliphatic rings. The third-order valence-electron chi connectivity index (χ3n) is 4.35. The second-order valence-electron chi connectivity index (χ2n) is 6.28. The molecule has 1 amide bonds. The van der Waals surface area contributed by atoms with E-state index in [0.29, 0.717) is 11.6 Å². The third kappa shape index (κ3) is 4.08. The van der Waals surface area contributed by atoms with Crippen molar-refractivity contribution in [1.82, 2.24) is 10.2 Å². The van der Waals surface area contributed by atoms with Crippen molar-refractivity contribution in [2.24, 2.45) is 0 Å². The molecule has 0 spiro atoms. The third-order valence-corrected chi connectivity index (χ3v) is 5.19. The number of aryl methyl sites for hydroxylation is 2. The lowest BCUT2D eigenvalue weighted by molar-refractivity contribution is -0.118. The number of carbonyl (C=O) groups excluding carboxylic acids is 1. The summed E-state index contributed by atoms with van der Waals surface area (Å²) in [5, 5.41) is 12.3. The number of nitrogens with one attached hydrogen (secondary N) is 1. The van der Waals surface area contributed by atoms with Crippen LogP contribution < -0.4 is 10.1 Å². The first kappa shape index (κ1) is 16.7. The van der Waals surface area contributed by atoms with Gasteiger partial charge in [-0.2, -0.15) is 0 Å². The van der Waals surface area contributed by atoms with Gasteiger partial charge in [-0.1, -0.05) is 47.7 Å². The molecule has 2 aromatic carbocycles. The normalized spacial score (nSPS) is 12.6. The van der Waals surface area contributed by atoms with Crippen molar-refractivity contribution in [3.8, 4) is 5.75 Å². The summed E-state index contributed by atoms with van der Waals surface area (Å²) in [5.41, 5.74) is 3.89. The summed E-state index contributed by atoms with van der Waals surface area (Å²) in [5.74, 6) is 0.510. The van der Waals surface area contributed by atoms with Gasteiger partial charge in [0.1, 0.15) is 10.8 Å². The fourth-order valence-corrected chi connectivity index (χ4v) is 3.88. The average Bonchev–Trinajstić information content (AvgIpc) is 3.29. The first-order chi connectivity index (χ1) is 12.8. The lowest BCUT2D eigenvalue weighted by Crippen LogP contribution is -2.20. The Morgan fingerprint density at radius 3 is 2.81 bits per heavy atom. The molecule has 0 saturated carbocycles. The number of hydrogen-bond acceptors (Lipinski definition) is 5. The van der Waals surface area contributed by atoms with E-state index in [9.17, 15) is 4.79 Å². The summed E-state index contributed by atoms with van der Waals surface area (Å²) < 4.78 is 5.61. The Labute approximate surface area is 156 Å². The zero-order valence-corrected chi connectivity index (χ0v) is 15.1. The highest BCUT2D eigenvalue weighted by atomic mass is 32.1. The van der Waals surface area contributed by atoms with Crippen LogP contribution in [0.5, 0.6) is 5.75 Å². The Bertz CT molecular complexity index is 908. The fourth-order valence-electron chi connectivity index (χ4n) is 3.09. The predicted octanol–water partition coefficient (Wildman–Crippen LogP) is 3.64. The summed E-state index contributed by atoms with van der Waals surface area (Å²) in [6, 6.07) is 16.1. The lowest BCUT2D eigenvalue weighted by atomic mass is 10.1. The van der Waals surface area contributed by atoms with Crippen molar-refractivity contribution >= 4 is 22.4 Å². The van der Waals surface area contributed by atoms with E-state index in [1.165, 1.54) is 34.4 Å². The molecule has 0 atom stereocenters. The molecule has 0 aliphatic heterocycles. The Morgan fingerprint density at radius 2 is 1.92 bits per heavy atom. The highest BCUT2D eigenvalue weighted by Crippen LogP contribution is 2.26. The molecule has 132 valence electrons. The number of aromatic nitrogens is 2. The quantitative estimate of drug-likeness (QED) is 0.724. The van der Waals surface area contributed by atoms with Crippen LogP contribution in [0.25, 0.3) is 0 Å². The van der Waals surface area contributed by atoms with E-state index in [2.05, 4.69) is 21.6 Å². The fraction of sp³-hybridized carbons (Fsp3) is 0.250. The summed E-state index contributed by atoms with van der Waals surface area (Å²) in [6.45, 7) is -0.0353. The Kier molecular flexibility index (Phi) is 4.93. The number of amides is 1. The van der Waals surface area contributed by atoms with Crippen LogP contribution in [-0.4, -0.2) is 22.7 Å². The van der Waals surface area contributed by atoms with Gasteiger partial charge in [-0.3, -0.25) is 10.1 Å². The molecule has 0 unspecified atom stereocenters. The van der Waals surface area contributed by atoms with Crippen molar-refractivity contribution in [1.29, 1.82) is 0 Å². The Balaban J connectivity index is 1.29. The zero-order chi connectivity index (χ0) is 17.8. The summed E-state index contributed by atoms with van der Waals surface area (Å²) in [6.07, 6.45) is 4.13. The summed E-state index contributed by atoms with van der Waals surface area (Å²) >= 11 is 1.38. The summed E-state index contributed by atoms with van der Waals surface area (Å²) in [4.78, 5) is 12.1. The minimum atomic E-state index is -0.229. The van der Waals surface area contributed by atoms with Gasteiger partial charge in [0.05, 0.1) is 0 Å². The molecule has 5 nitrogen and oxygen atoms in total. The van der Waals surface area contributed by atoms with E-state index in [1.807, 2.05) is 42.5 Å². The number of hydrogen-bond donors (Lipinski definition) is 1. The number of ether oxygens (including phenoxy) is 1. The van der Waals surface area contributed by atoms with Crippen LogP contribution in [0.4, 0.5) is 5.13 Å². The van der Waals surface area contributed by atoms with Gasteiger partial charge >= 0.3 is 0 Å². The van der Waals surface area contributed by atoms with E-state index >= 15 is 0 Å². The van der Waals surface area contributed by atoms with Gasteiger partial charge in [-0.05, 0) is 48.1 Å². The van der Waals surface area contributed by atoms with E-state index in [0.717, 1.165) is 23.6 Å². The molecule has 26 heavy (non-hydrogen) atoms. The number of anilines is 1. The van der Waals surface area contributed by atoms with Crippen LogP contribution in [0, 0.1) is 0 Å². The van der Waals surface area contributed by atoms with Crippen LogP contribution >= 0.6 is 11.3 Å². The molecule has 0 saturated heterocycles. The molecule has 0 bridgehead atoms. The van der Waals surface area contributed by atoms with Gasteiger partial charge in [0.25, 0.3) is 5.91 Å². The zero-order valence-electron chi connectivity index (χ0n) is 14.3. The largest absolute Gasteiger partial charge is 0.484 e. The maximum Gasteiger partial charge on any atom is 0.264 e. The van der Waals surface area contributed by atoms with Gasteiger partial charge < -0.3 is 4.74 Å². The highest BCUT2D eigenvalue weighted by molar-refractivity contribution is 7.15. The SMILES string of the molecule is O=C(COc1ccc2c(c1)CCC2)Nc1nnc(Cc2ccccc2)s1. The molecule has 1 N–H and O–H groups in total. The van der Waals surface area contributed by atoms with E-state index in [-0.39, 0.29) is 12.5 Å². The molecular formula is C20H19N3O2S. The van der Waals surface area contributed by atoms with Gasteiger partial charge in [0.2, 0.25) is 5.13 Å². The van der Waals surface area contributed by atoms with Crippen LogP contribution in [0.3, 0.4) is 0 Å². The number of fused-ring (bicyclic) bond motifs is 1. The lowest BCUT2D eigenvalue weighted by Gasteiger charge is -2.07. The monoisotopic (exact) mass is 365 g/mol. The second kappa shape index (κ2) is 7.66. The summed E-state index contributed by atoms with van der Waals surface area (Å²) in [7, 11) is 0. The molecule has 1 aliphatic carbocycles. The maximum absolute atomic E-state index is 12.1. The van der Waals surface area contributed by atoms with Gasteiger partial charge in [-0.15, -0.1) is 10.2 Å². The topological polar surface area (TPSA) is 64.1 Å². The van der Waals surface area contributed by atoms with Crippen molar-refractivity contribution in [3.05, 3.63) is 70.2 Å². The van der Waals surface area contributed by atoms with E-state index in [4.69, 9.17) is 4.74 Å². The molecule has 1 heterocycles. The first-order valence-electron chi connectivity index (χ1n) is 8.67. The van der Waals surface area contributed by atoms with Crippen molar-refractivity contribution in [2.75, 3.05) is 11.9 Å². The average molecular weight is 365 g/mol. The number of rotatable bonds is 6. The van der Waals surface area contributed by atoms with Gasteiger partial charge in [0.15, 0.2) is 6.61 Å². The number of nitrogens with zero attached hydrogens (tertiary/aromatic N) is 2. The molecule has 3 aromatic rings. The Morgan fingerprint density at radius 1 is 1.08 bits per heavy atom. The van der Waals surface area contributed by atoms with Crippen molar-refractivity contribution < 1.29 is 9.53 Å². The number of benzene rings is 2. The van der Waals surface area contributed by atoms with Crippen molar-refractivity contribution in [3.63, 3.8) is 0 Å². The predicted molar refractivity (Wildman–Crippen MR) is 102 cm³/mol. The van der Waals surface area contributed by atoms with Crippen LogP contribution in [0.2, 0.25) is 0 Å². The molecule has 4 rings (SSSR count). The Hall–Kier alpha value is -2.73. The molecule has 0 fully saturated rings. The standard InChI is InChI=1S/C20H19N3O2S/c24-18(13-25-17-10-9-15-7-4-8-16(15)12-17)21-20-23-22-19(26-20)11-14-5-2-1-3-6-14/h1-3,5-6,9-10,12H,4,7-8,11,13H2,(H,21,23,24). The molecule has 0 radical (unpaired) electrons. The maximum atomic E-state index is 12.1. The van der Waals surface area contributed by atoms with Crippen molar-refractivity contribution in [2.45, 2.75) is 25.7 Å². The second-order valence-corrected chi connectivity index (χ2v) is 7.35. The number of carbonyl (C=O) groups is 1.